The lowest BCUT2D eigenvalue weighted by molar-refractivity contribution is -0.134. The third-order valence-electron chi connectivity index (χ3n) is 2.24. The zero-order valence-electron chi connectivity index (χ0n) is 10.3. The van der Waals surface area contributed by atoms with Gasteiger partial charge in [0.05, 0.1) is 7.11 Å². The Balaban J connectivity index is 3.90. The Kier molecular flexibility index (Phi) is 7.69. The van der Waals surface area contributed by atoms with Gasteiger partial charge in [-0.2, -0.15) is 0 Å². The number of carbonyl (C=O) groups is 1. The fraction of sp³-hybridized carbons (Fsp3) is 0.615. The second-order valence-electron chi connectivity index (χ2n) is 3.85. The molecule has 0 aromatic rings. The van der Waals surface area contributed by atoms with E-state index in [1.165, 1.54) is 25.5 Å². The van der Waals surface area contributed by atoms with Gasteiger partial charge in [0, 0.05) is 6.08 Å². The molecule has 0 saturated carbocycles. The minimum Gasteiger partial charge on any atom is -0.466 e. The van der Waals surface area contributed by atoms with E-state index in [-0.39, 0.29) is 5.97 Å². The average molecular weight is 210 g/mol. The Morgan fingerprint density at radius 1 is 1.20 bits per heavy atom. The fourth-order valence-corrected chi connectivity index (χ4v) is 1.37. The smallest absolute Gasteiger partial charge is 0.330 e. The molecule has 0 unspecified atom stereocenters. The molecule has 0 bridgehead atoms. The Morgan fingerprint density at radius 3 is 2.40 bits per heavy atom. The standard InChI is InChI=1S/C13H22O2/c1-5-7-11(2)8-6-9-12(3)10-13(14)15-4/h8,10H,5-7,9H2,1-4H3/b11-8+,12-10-. The highest BCUT2D eigenvalue weighted by Gasteiger charge is 1.96. The van der Waals surface area contributed by atoms with E-state index in [2.05, 4.69) is 24.7 Å². The number of methoxy groups -OCH3 is 1. The van der Waals surface area contributed by atoms with E-state index in [4.69, 9.17) is 0 Å². The quantitative estimate of drug-likeness (QED) is 0.380. The van der Waals surface area contributed by atoms with E-state index in [1.807, 2.05) is 6.92 Å². The van der Waals surface area contributed by atoms with Gasteiger partial charge >= 0.3 is 5.97 Å². The van der Waals surface area contributed by atoms with Crippen LogP contribution in [0.3, 0.4) is 0 Å². The van der Waals surface area contributed by atoms with Crippen LogP contribution in [0.4, 0.5) is 0 Å². The zero-order chi connectivity index (χ0) is 11.7. The minimum atomic E-state index is -0.262. The molecule has 0 aliphatic rings. The van der Waals surface area contributed by atoms with Gasteiger partial charge in [-0.15, -0.1) is 0 Å². The number of hydrogen-bond donors (Lipinski definition) is 0. The maximum atomic E-state index is 10.9. The molecule has 0 fully saturated rings. The molecule has 0 aliphatic carbocycles. The van der Waals surface area contributed by atoms with Gasteiger partial charge in [-0.25, -0.2) is 4.79 Å². The van der Waals surface area contributed by atoms with Crippen molar-refractivity contribution in [3.63, 3.8) is 0 Å². The molecule has 0 aliphatic heterocycles. The van der Waals surface area contributed by atoms with Crippen LogP contribution in [0, 0.1) is 0 Å². The zero-order valence-corrected chi connectivity index (χ0v) is 10.3. The summed E-state index contributed by atoms with van der Waals surface area (Å²) in [5.74, 6) is -0.262. The van der Waals surface area contributed by atoms with E-state index in [0.29, 0.717) is 0 Å². The lowest BCUT2D eigenvalue weighted by Gasteiger charge is -2.00. The number of allylic oxidation sites excluding steroid dienone is 3. The molecule has 0 rings (SSSR count). The first-order valence-electron chi connectivity index (χ1n) is 5.50. The summed E-state index contributed by atoms with van der Waals surface area (Å²) in [6.45, 7) is 6.29. The van der Waals surface area contributed by atoms with Gasteiger partial charge in [-0.3, -0.25) is 0 Å². The van der Waals surface area contributed by atoms with E-state index < -0.39 is 0 Å². The summed E-state index contributed by atoms with van der Waals surface area (Å²) >= 11 is 0. The summed E-state index contributed by atoms with van der Waals surface area (Å²) in [6.07, 6.45) is 8.10. The molecule has 2 nitrogen and oxygen atoms in total. The number of ether oxygens (including phenoxy) is 1. The van der Waals surface area contributed by atoms with Crippen LogP contribution in [0.5, 0.6) is 0 Å². The maximum Gasteiger partial charge on any atom is 0.330 e. The first kappa shape index (κ1) is 13.9. The lowest BCUT2D eigenvalue weighted by Crippen LogP contribution is -1.95. The van der Waals surface area contributed by atoms with E-state index in [0.717, 1.165) is 18.4 Å². The molecule has 0 N–H and O–H groups in total. The fourth-order valence-electron chi connectivity index (χ4n) is 1.37. The molecule has 15 heavy (non-hydrogen) atoms. The number of hydrogen-bond acceptors (Lipinski definition) is 2. The second kappa shape index (κ2) is 8.27. The summed E-state index contributed by atoms with van der Waals surface area (Å²) in [6, 6.07) is 0. The molecule has 2 heteroatoms. The molecule has 0 aromatic heterocycles. The van der Waals surface area contributed by atoms with Crippen molar-refractivity contribution >= 4 is 5.97 Å². The van der Waals surface area contributed by atoms with Gasteiger partial charge in [-0.05, 0) is 33.1 Å². The predicted molar refractivity (Wildman–Crippen MR) is 63.7 cm³/mol. The van der Waals surface area contributed by atoms with Crippen LogP contribution in [0.1, 0.15) is 46.5 Å². The van der Waals surface area contributed by atoms with Crippen LogP contribution in [0.15, 0.2) is 23.3 Å². The van der Waals surface area contributed by atoms with Crippen molar-refractivity contribution < 1.29 is 9.53 Å². The molecular weight excluding hydrogens is 188 g/mol. The van der Waals surface area contributed by atoms with Crippen LogP contribution in [0.2, 0.25) is 0 Å². The first-order chi connectivity index (χ1) is 7.10. The minimum absolute atomic E-state index is 0.262. The highest BCUT2D eigenvalue weighted by molar-refractivity contribution is 5.82. The summed E-state index contributed by atoms with van der Waals surface area (Å²) in [5, 5.41) is 0. The SMILES string of the molecule is CCC/C(C)=C/CC/C(C)=C\C(=O)OC. The van der Waals surface area contributed by atoms with Gasteiger partial charge in [0.1, 0.15) is 0 Å². The van der Waals surface area contributed by atoms with E-state index in [9.17, 15) is 4.79 Å². The Labute approximate surface area is 93.0 Å². The molecule has 0 saturated heterocycles. The van der Waals surface area contributed by atoms with Crippen LogP contribution < -0.4 is 0 Å². The number of rotatable bonds is 6. The third kappa shape index (κ3) is 7.98. The molecule has 0 spiro atoms. The molecule has 0 atom stereocenters. The predicted octanol–water partition coefficient (Wildman–Crippen LogP) is 3.63. The molecule has 0 heterocycles. The highest BCUT2D eigenvalue weighted by atomic mass is 16.5. The lowest BCUT2D eigenvalue weighted by atomic mass is 10.1. The van der Waals surface area contributed by atoms with Crippen molar-refractivity contribution in [2.45, 2.75) is 46.5 Å². The second-order valence-corrected chi connectivity index (χ2v) is 3.85. The van der Waals surface area contributed by atoms with Gasteiger partial charge in [0.2, 0.25) is 0 Å². The third-order valence-corrected chi connectivity index (χ3v) is 2.24. The maximum absolute atomic E-state index is 10.9. The van der Waals surface area contributed by atoms with Gasteiger partial charge < -0.3 is 4.74 Å². The van der Waals surface area contributed by atoms with E-state index in [1.54, 1.807) is 6.08 Å². The van der Waals surface area contributed by atoms with Crippen molar-refractivity contribution in [3.8, 4) is 0 Å². The van der Waals surface area contributed by atoms with Crippen molar-refractivity contribution in [1.29, 1.82) is 0 Å². The molecule has 0 radical (unpaired) electrons. The molecule has 86 valence electrons. The van der Waals surface area contributed by atoms with Crippen LogP contribution in [-0.4, -0.2) is 13.1 Å². The van der Waals surface area contributed by atoms with Gasteiger partial charge in [-0.1, -0.05) is 30.6 Å². The largest absolute Gasteiger partial charge is 0.466 e. The van der Waals surface area contributed by atoms with Crippen LogP contribution >= 0.6 is 0 Å². The highest BCUT2D eigenvalue weighted by Crippen LogP contribution is 2.09. The van der Waals surface area contributed by atoms with Crippen molar-refractivity contribution in [2.24, 2.45) is 0 Å². The number of esters is 1. The Hall–Kier alpha value is -1.05. The van der Waals surface area contributed by atoms with Crippen molar-refractivity contribution in [1.82, 2.24) is 0 Å². The van der Waals surface area contributed by atoms with Gasteiger partial charge in [0.25, 0.3) is 0 Å². The summed E-state index contributed by atoms with van der Waals surface area (Å²) in [5.41, 5.74) is 2.51. The first-order valence-corrected chi connectivity index (χ1v) is 5.50. The molecule has 0 amide bonds. The molecule has 0 aromatic carbocycles. The average Bonchev–Trinajstić information content (AvgIpc) is 2.18. The van der Waals surface area contributed by atoms with Crippen molar-refractivity contribution in [2.75, 3.05) is 7.11 Å². The normalized spacial score (nSPS) is 12.8. The van der Waals surface area contributed by atoms with E-state index >= 15 is 0 Å². The van der Waals surface area contributed by atoms with Crippen molar-refractivity contribution in [3.05, 3.63) is 23.3 Å². The van der Waals surface area contributed by atoms with Crippen LogP contribution in [-0.2, 0) is 9.53 Å². The topological polar surface area (TPSA) is 26.3 Å². The Morgan fingerprint density at radius 2 is 1.87 bits per heavy atom. The monoisotopic (exact) mass is 210 g/mol. The summed E-state index contributed by atoms with van der Waals surface area (Å²) in [4.78, 5) is 10.9. The summed E-state index contributed by atoms with van der Waals surface area (Å²) in [7, 11) is 1.40. The summed E-state index contributed by atoms with van der Waals surface area (Å²) < 4.78 is 4.56. The van der Waals surface area contributed by atoms with Crippen LogP contribution in [0.25, 0.3) is 0 Å². The Bertz CT molecular complexity index is 249. The number of carbonyl (C=O) groups excluding carboxylic acids is 1. The molecular formula is C13H22O2. The van der Waals surface area contributed by atoms with Gasteiger partial charge in [0.15, 0.2) is 0 Å².